The number of urea groups is 1. The average molecular weight is 216 g/mol. The second-order valence-electron chi connectivity index (χ2n) is 4.06. The highest BCUT2D eigenvalue weighted by Gasteiger charge is 2.39. The van der Waals surface area contributed by atoms with Gasteiger partial charge < -0.3 is 9.80 Å². The second-order valence-corrected chi connectivity index (χ2v) is 4.06. The molecule has 0 N–H and O–H groups in total. The van der Waals surface area contributed by atoms with Gasteiger partial charge in [0.15, 0.2) is 0 Å². The first-order valence-corrected chi connectivity index (χ1v) is 5.25. The van der Waals surface area contributed by atoms with Crippen LogP contribution >= 0.6 is 0 Å². The minimum Gasteiger partial charge on any atom is -0.319 e. The molecule has 3 rings (SSSR count). The first-order chi connectivity index (χ1) is 7.77. The Balaban J connectivity index is 1.99. The Morgan fingerprint density at radius 2 is 2.31 bits per heavy atom. The van der Waals surface area contributed by atoms with Crippen molar-refractivity contribution in [2.75, 3.05) is 20.1 Å². The lowest BCUT2D eigenvalue weighted by Crippen LogP contribution is -2.30. The highest BCUT2D eigenvalue weighted by molar-refractivity contribution is 5.84. The average Bonchev–Trinajstić information content (AvgIpc) is 2.56. The van der Waals surface area contributed by atoms with Crippen molar-refractivity contribution in [1.82, 2.24) is 19.8 Å². The molecule has 0 aromatic carbocycles. The molecule has 0 saturated carbocycles. The van der Waals surface area contributed by atoms with E-state index in [-0.39, 0.29) is 12.1 Å². The van der Waals surface area contributed by atoms with Crippen LogP contribution in [0, 0.1) is 0 Å². The van der Waals surface area contributed by atoms with Gasteiger partial charge in [-0.2, -0.15) is 0 Å². The molecule has 2 amide bonds. The van der Waals surface area contributed by atoms with Crippen molar-refractivity contribution in [3.63, 3.8) is 0 Å². The van der Waals surface area contributed by atoms with E-state index in [4.69, 9.17) is 0 Å². The molecule has 0 radical (unpaired) electrons. The highest BCUT2D eigenvalue weighted by atomic mass is 16.2. The molecule has 0 spiro atoms. The van der Waals surface area contributed by atoms with Crippen molar-refractivity contribution >= 4 is 11.6 Å². The van der Waals surface area contributed by atoms with E-state index in [0.29, 0.717) is 6.54 Å². The van der Waals surface area contributed by atoms with Crippen LogP contribution in [0.25, 0.3) is 5.57 Å². The number of nitrogens with zero attached hydrogens (tertiary/aromatic N) is 4. The maximum atomic E-state index is 11.7. The molecule has 1 saturated heterocycles. The molecule has 2 aliphatic heterocycles. The molecule has 0 aliphatic carbocycles. The predicted molar refractivity (Wildman–Crippen MR) is 58.5 cm³/mol. The molecule has 1 aromatic heterocycles. The molecule has 1 atom stereocenters. The third-order valence-electron chi connectivity index (χ3n) is 3.18. The molecule has 16 heavy (non-hydrogen) atoms. The standard InChI is InChI=1S/C11H12N4O/c1-14-10-7-15(11(14)16)5-2-8(10)9-6-12-3-4-13-9/h2-4,6,10H,5,7H2,1H3. The van der Waals surface area contributed by atoms with Crippen molar-refractivity contribution < 1.29 is 4.79 Å². The van der Waals surface area contributed by atoms with Crippen molar-refractivity contribution in [2.24, 2.45) is 0 Å². The number of hydrogen-bond acceptors (Lipinski definition) is 3. The zero-order valence-electron chi connectivity index (χ0n) is 9.00. The van der Waals surface area contributed by atoms with Crippen molar-refractivity contribution in [3.8, 4) is 0 Å². The summed E-state index contributed by atoms with van der Waals surface area (Å²) in [7, 11) is 1.84. The fourth-order valence-electron chi connectivity index (χ4n) is 2.29. The van der Waals surface area contributed by atoms with E-state index in [2.05, 4.69) is 16.0 Å². The molecule has 1 fully saturated rings. The summed E-state index contributed by atoms with van der Waals surface area (Å²) in [6, 6.07) is 0.220. The molecule has 5 heteroatoms. The Bertz CT molecular complexity index is 456. The Morgan fingerprint density at radius 1 is 1.44 bits per heavy atom. The first kappa shape index (κ1) is 9.33. The molecular formula is C11H12N4O. The van der Waals surface area contributed by atoms with Gasteiger partial charge in [0, 0.05) is 38.1 Å². The van der Waals surface area contributed by atoms with Gasteiger partial charge in [-0.3, -0.25) is 9.97 Å². The third kappa shape index (κ3) is 1.21. The summed E-state index contributed by atoms with van der Waals surface area (Å²) in [6.07, 6.45) is 7.15. The van der Waals surface area contributed by atoms with Crippen molar-refractivity contribution in [1.29, 1.82) is 0 Å². The summed E-state index contributed by atoms with van der Waals surface area (Å²) < 4.78 is 0. The minimum atomic E-state index is 0.0974. The molecule has 82 valence electrons. The van der Waals surface area contributed by atoms with Gasteiger partial charge in [0.2, 0.25) is 0 Å². The van der Waals surface area contributed by atoms with Crippen LogP contribution in [0.15, 0.2) is 24.7 Å². The van der Waals surface area contributed by atoms with Gasteiger partial charge in [-0.25, -0.2) is 4.79 Å². The fraction of sp³-hybridized carbons (Fsp3) is 0.364. The molecule has 2 aliphatic rings. The van der Waals surface area contributed by atoms with E-state index in [1.165, 1.54) is 0 Å². The summed E-state index contributed by atoms with van der Waals surface area (Å²) >= 11 is 0. The minimum absolute atomic E-state index is 0.0974. The quantitative estimate of drug-likeness (QED) is 0.691. The Morgan fingerprint density at radius 3 is 3.06 bits per heavy atom. The number of hydrogen-bond donors (Lipinski definition) is 0. The van der Waals surface area contributed by atoms with E-state index in [1.807, 2.05) is 11.9 Å². The third-order valence-corrected chi connectivity index (χ3v) is 3.18. The van der Waals surface area contributed by atoms with E-state index < -0.39 is 0 Å². The van der Waals surface area contributed by atoms with Gasteiger partial charge >= 0.3 is 6.03 Å². The molecule has 1 aromatic rings. The van der Waals surface area contributed by atoms with Crippen LogP contribution in [-0.4, -0.2) is 52.0 Å². The lowest BCUT2D eigenvalue weighted by molar-refractivity contribution is 0.202. The van der Waals surface area contributed by atoms with E-state index >= 15 is 0 Å². The second kappa shape index (κ2) is 3.30. The maximum absolute atomic E-state index is 11.7. The molecule has 1 unspecified atom stereocenters. The van der Waals surface area contributed by atoms with E-state index in [1.54, 1.807) is 23.5 Å². The normalized spacial score (nSPS) is 23.7. The SMILES string of the molecule is CN1C(=O)N2CC=C(c3cnccn3)C1C2. The zero-order valence-corrected chi connectivity index (χ0v) is 9.00. The van der Waals surface area contributed by atoms with Crippen molar-refractivity contribution in [3.05, 3.63) is 30.4 Å². The monoisotopic (exact) mass is 216 g/mol. The Kier molecular flexibility index (Phi) is 1.92. The van der Waals surface area contributed by atoms with Crippen LogP contribution in [-0.2, 0) is 0 Å². The molecule has 5 nitrogen and oxygen atoms in total. The summed E-state index contributed by atoms with van der Waals surface area (Å²) in [5.74, 6) is 0. The lowest BCUT2D eigenvalue weighted by atomic mass is 10.0. The Labute approximate surface area is 93.4 Å². The number of fused-ring (bicyclic) bond motifs is 2. The molecule has 2 bridgehead atoms. The van der Waals surface area contributed by atoms with Gasteiger partial charge in [0.1, 0.15) is 0 Å². The zero-order chi connectivity index (χ0) is 11.1. The highest BCUT2D eigenvalue weighted by Crippen LogP contribution is 2.29. The van der Waals surface area contributed by atoms with E-state index in [9.17, 15) is 4.79 Å². The van der Waals surface area contributed by atoms with Gasteiger partial charge in [0.25, 0.3) is 0 Å². The molecule has 3 heterocycles. The Hall–Kier alpha value is -1.91. The lowest BCUT2D eigenvalue weighted by Gasteiger charge is -2.22. The predicted octanol–water partition coefficient (Wildman–Crippen LogP) is 0.610. The first-order valence-electron chi connectivity index (χ1n) is 5.25. The van der Waals surface area contributed by atoms with Gasteiger partial charge in [-0.15, -0.1) is 0 Å². The van der Waals surface area contributed by atoms with Gasteiger partial charge in [0.05, 0.1) is 17.9 Å². The smallest absolute Gasteiger partial charge is 0.319 e. The number of rotatable bonds is 1. The summed E-state index contributed by atoms with van der Waals surface area (Å²) in [5, 5.41) is 0. The van der Waals surface area contributed by atoms with Crippen molar-refractivity contribution in [2.45, 2.75) is 6.04 Å². The van der Waals surface area contributed by atoms with Crippen LogP contribution in [0.5, 0.6) is 0 Å². The fourth-order valence-corrected chi connectivity index (χ4v) is 2.29. The number of amides is 2. The van der Waals surface area contributed by atoms with Gasteiger partial charge in [-0.05, 0) is 0 Å². The van der Waals surface area contributed by atoms with Crippen LogP contribution in [0.4, 0.5) is 4.79 Å². The summed E-state index contributed by atoms with van der Waals surface area (Å²) in [4.78, 5) is 23.7. The van der Waals surface area contributed by atoms with Crippen LogP contribution in [0.3, 0.4) is 0 Å². The number of carbonyl (C=O) groups is 1. The largest absolute Gasteiger partial charge is 0.320 e. The number of carbonyl (C=O) groups excluding carboxylic acids is 1. The van der Waals surface area contributed by atoms with Gasteiger partial charge in [-0.1, -0.05) is 6.08 Å². The summed E-state index contributed by atoms with van der Waals surface area (Å²) in [6.45, 7) is 1.43. The summed E-state index contributed by atoms with van der Waals surface area (Å²) in [5.41, 5.74) is 1.98. The van der Waals surface area contributed by atoms with E-state index in [0.717, 1.165) is 17.8 Å². The van der Waals surface area contributed by atoms with Crippen LogP contribution < -0.4 is 0 Å². The topological polar surface area (TPSA) is 49.3 Å². The molecular weight excluding hydrogens is 204 g/mol. The van der Waals surface area contributed by atoms with Crippen LogP contribution in [0.2, 0.25) is 0 Å². The number of likely N-dealkylation sites (N-methyl/N-ethyl adjacent to an activating group) is 1. The van der Waals surface area contributed by atoms with Crippen LogP contribution in [0.1, 0.15) is 5.69 Å². The maximum Gasteiger partial charge on any atom is 0.320 e. The number of aromatic nitrogens is 2.